The lowest BCUT2D eigenvalue weighted by atomic mass is 9.98. The molecule has 146 valence electrons. The lowest BCUT2D eigenvalue weighted by molar-refractivity contribution is 0.0201. The van der Waals surface area contributed by atoms with E-state index in [0.717, 1.165) is 44.2 Å². The largest absolute Gasteiger partial charge is 0.458 e. The fraction of sp³-hybridized carbons (Fsp3) is 0.476. The third-order valence-corrected chi connectivity index (χ3v) is 6.43. The third-order valence-electron chi connectivity index (χ3n) is 6.12. The molecule has 1 saturated carbocycles. The molecule has 2 fully saturated rings. The summed E-state index contributed by atoms with van der Waals surface area (Å²) in [5.41, 5.74) is 2.21. The number of carbonyl (C=O) groups excluding carboxylic acids is 2. The van der Waals surface area contributed by atoms with Crippen LogP contribution in [0.5, 0.6) is 0 Å². The monoisotopic (exact) mass is 399 g/mol. The highest BCUT2D eigenvalue weighted by Gasteiger charge is 2.41. The van der Waals surface area contributed by atoms with Crippen molar-refractivity contribution >= 4 is 23.5 Å². The Labute approximate surface area is 168 Å². The molecule has 6 nitrogen and oxygen atoms in total. The van der Waals surface area contributed by atoms with Crippen LogP contribution in [0.2, 0.25) is 5.02 Å². The van der Waals surface area contributed by atoms with E-state index < -0.39 is 0 Å². The number of imidazole rings is 1. The van der Waals surface area contributed by atoms with Crippen LogP contribution < -0.4 is 0 Å². The smallest absolute Gasteiger partial charge is 0.359 e. The first-order chi connectivity index (χ1) is 13.6. The van der Waals surface area contributed by atoms with E-state index in [-0.39, 0.29) is 24.0 Å². The van der Waals surface area contributed by atoms with Crippen LogP contribution in [-0.4, -0.2) is 39.0 Å². The Bertz CT molecular complexity index is 948. The number of aromatic nitrogens is 2. The third kappa shape index (κ3) is 2.73. The topological polar surface area (TPSA) is 64.4 Å². The molecule has 1 aromatic heterocycles. The van der Waals surface area contributed by atoms with Gasteiger partial charge in [0.15, 0.2) is 5.69 Å². The fourth-order valence-corrected chi connectivity index (χ4v) is 5.03. The van der Waals surface area contributed by atoms with Gasteiger partial charge in [-0.25, -0.2) is 9.78 Å². The Hall–Kier alpha value is -2.34. The van der Waals surface area contributed by atoms with Gasteiger partial charge in [0, 0.05) is 6.54 Å². The van der Waals surface area contributed by atoms with Crippen LogP contribution >= 0.6 is 11.6 Å². The van der Waals surface area contributed by atoms with Gasteiger partial charge in [0.05, 0.1) is 28.0 Å². The van der Waals surface area contributed by atoms with Crippen LogP contribution in [0.3, 0.4) is 0 Å². The number of carbonyl (C=O) groups is 2. The molecule has 0 bridgehead atoms. The maximum atomic E-state index is 13.2. The summed E-state index contributed by atoms with van der Waals surface area (Å²) in [5, 5.41) is 0.418. The molecule has 0 radical (unpaired) electrons. The molecular formula is C21H22ClN3O3. The van der Waals surface area contributed by atoms with Crippen molar-refractivity contribution in [2.45, 2.75) is 57.1 Å². The van der Waals surface area contributed by atoms with Crippen molar-refractivity contribution in [2.24, 2.45) is 0 Å². The second-order valence-electron chi connectivity index (χ2n) is 7.80. The van der Waals surface area contributed by atoms with Gasteiger partial charge >= 0.3 is 5.97 Å². The Morgan fingerprint density at radius 2 is 1.96 bits per heavy atom. The van der Waals surface area contributed by atoms with Crippen LogP contribution in [0.25, 0.3) is 5.69 Å². The predicted molar refractivity (Wildman–Crippen MR) is 104 cm³/mol. The molecule has 7 heteroatoms. The average molecular weight is 400 g/mol. The molecule has 1 atom stereocenters. The van der Waals surface area contributed by atoms with E-state index in [2.05, 4.69) is 4.98 Å². The number of rotatable bonds is 2. The minimum absolute atomic E-state index is 0.0348. The van der Waals surface area contributed by atoms with Crippen molar-refractivity contribution in [2.75, 3.05) is 6.54 Å². The molecule has 1 amide bonds. The van der Waals surface area contributed by atoms with Crippen LogP contribution in [0.4, 0.5) is 0 Å². The molecule has 3 aliphatic rings. The highest BCUT2D eigenvalue weighted by atomic mass is 35.5. The highest BCUT2D eigenvalue weighted by molar-refractivity contribution is 6.34. The molecule has 0 unspecified atom stereocenters. The molecule has 5 rings (SSSR count). The van der Waals surface area contributed by atoms with E-state index in [0.29, 0.717) is 28.5 Å². The number of benzene rings is 1. The van der Waals surface area contributed by atoms with E-state index in [1.165, 1.54) is 6.42 Å². The molecule has 2 aliphatic heterocycles. The van der Waals surface area contributed by atoms with Crippen molar-refractivity contribution in [1.29, 1.82) is 0 Å². The van der Waals surface area contributed by atoms with Crippen molar-refractivity contribution in [1.82, 2.24) is 14.5 Å². The first-order valence-corrected chi connectivity index (χ1v) is 10.4. The number of halogens is 1. The summed E-state index contributed by atoms with van der Waals surface area (Å²) >= 11 is 6.39. The molecule has 0 N–H and O–H groups in total. The summed E-state index contributed by atoms with van der Waals surface area (Å²) in [7, 11) is 0. The Morgan fingerprint density at radius 1 is 1.14 bits per heavy atom. The van der Waals surface area contributed by atoms with E-state index in [1.807, 2.05) is 21.6 Å². The fourth-order valence-electron chi connectivity index (χ4n) is 4.78. The van der Waals surface area contributed by atoms with Gasteiger partial charge in [-0.05, 0) is 50.7 Å². The van der Waals surface area contributed by atoms with Crippen molar-refractivity contribution < 1.29 is 14.3 Å². The summed E-state index contributed by atoms with van der Waals surface area (Å²) in [6, 6.07) is 5.20. The zero-order valence-electron chi connectivity index (χ0n) is 15.6. The Kier molecular flexibility index (Phi) is 4.38. The predicted octanol–water partition coefficient (Wildman–Crippen LogP) is 4.31. The number of hydrogen-bond donors (Lipinski definition) is 0. The first-order valence-electron chi connectivity index (χ1n) is 10.0. The molecule has 1 aromatic carbocycles. The maximum absolute atomic E-state index is 13.2. The number of amides is 1. The summed E-state index contributed by atoms with van der Waals surface area (Å²) in [4.78, 5) is 32.4. The van der Waals surface area contributed by atoms with Crippen LogP contribution in [0, 0.1) is 0 Å². The summed E-state index contributed by atoms with van der Waals surface area (Å²) in [5.74, 6) is -0.469. The molecule has 0 spiro atoms. The lowest BCUT2D eigenvalue weighted by Crippen LogP contribution is -2.31. The average Bonchev–Trinajstić information content (AvgIpc) is 3.33. The van der Waals surface area contributed by atoms with Crippen molar-refractivity contribution in [3.63, 3.8) is 0 Å². The Morgan fingerprint density at radius 3 is 2.79 bits per heavy atom. The minimum Gasteiger partial charge on any atom is -0.458 e. The summed E-state index contributed by atoms with van der Waals surface area (Å²) in [6.45, 7) is 0.649. The molecular weight excluding hydrogens is 378 g/mol. The zero-order chi connectivity index (χ0) is 19.3. The minimum atomic E-state index is -0.384. The van der Waals surface area contributed by atoms with Gasteiger partial charge in [-0.2, -0.15) is 0 Å². The molecule has 3 heterocycles. The first kappa shape index (κ1) is 17.7. The Balaban J connectivity index is 1.60. The van der Waals surface area contributed by atoms with E-state index in [1.54, 1.807) is 12.4 Å². The SMILES string of the molecule is O=C(OC1CCCCC1)c1ncn2c1[C@@H]1CCCN1C(=O)c1c(Cl)cccc1-2. The van der Waals surface area contributed by atoms with E-state index >= 15 is 0 Å². The highest BCUT2D eigenvalue weighted by Crippen LogP contribution is 2.41. The lowest BCUT2D eigenvalue weighted by Gasteiger charge is -2.24. The number of esters is 1. The normalized spacial score (nSPS) is 21.7. The maximum Gasteiger partial charge on any atom is 0.359 e. The number of hydrogen-bond acceptors (Lipinski definition) is 4. The second kappa shape index (κ2) is 6.92. The number of nitrogens with zero attached hydrogens (tertiary/aromatic N) is 3. The second-order valence-corrected chi connectivity index (χ2v) is 8.21. The standard InChI is InChI=1S/C21H22ClN3O3/c22-14-8-4-9-15-17(14)20(26)24-11-5-10-16(24)19-18(23-12-25(15)19)21(27)28-13-6-2-1-3-7-13/h4,8-9,12-13,16H,1-3,5-7,10-11H2/t16-/m0/s1. The van der Waals surface area contributed by atoms with Gasteiger partial charge in [-0.1, -0.05) is 24.1 Å². The summed E-state index contributed by atoms with van der Waals surface area (Å²) < 4.78 is 7.64. The number of ether oxygens (including phenoxy) is 1. The van der Waals surface area contributed by atoms with Gasteiger partial charge in [0.25, 0.3) is 5.91 Å². The quantitative estimate of drug-likeness (QED) is 0.706. The van der Waals surface area contributed by atoms with Gasteiger partial charge in [-0.3, -0.25) is 9.36 Å². The molecule has 2 aromatic rings. The van der Waals surface area contributed by atoms with Gasteiger partial charge < -0.3 is 9.64 Å². The number of fused-ring (bicyclic) bond motifs is 5. The van der Waals surface area contributed by atoms with E-state index in [4.69, 9.17) is 16.3 Å². The van der Waals surface area contributed by atoms with Crippen molar-refractivity contribution in [3.8, 4) is 5.69 Å². The van der Waals surface area contributed by atoms with Crippen LogP contribution in [-0.2, 0) is 4.74 Å². The van der Waals surface area contributed by atoms with Crippen molar-refractivity contribution in [3.05, 3.63) is 46.5 Å². The summed E-state index contributed by atoms with van der Waals surface area (Å²) in [6.07, 6.45) is 8.48. The van der Waals surface area contributed by atoms with Crippen LogP contribution in [0.1, 0.15) is 77.5 Å². The van der Waals surface area contributed by atoms with Gasteiger partial charge in [0.2, 0.25) is 0 Å². The van der Waals surface area contributed by atoms with E-state index in [9.17, 15) is 9.59 Å². The molecule has 1 aliphatic carbocycles. The zero-order valence-corrected chi connectivity index (χ0v) is 16.3. The van der Waals surface area contributed by atoms with Crippen LogP contribution in [0.15, 0.2) is 24.5 Å². The van der Waals surface area contributed by atoms with Gasteiger partial charge in [0.1, 0.15) is 12.4 Å². The van der Waals surface area contributed by atoms with Gasteiger partial charge in [-0.15, -0.1) is 0 Å². The molecule has 28 heavy (non-hydrogen) atoms. The molecule has 1 saturated heterocycles.